The molecule has 0 saturated carbocycles. The lowest BCUT2D eigenvalue weighted by molar-refractivity contribution is -0.384. The van der Waals surface area contributed by atoms with E-state index in [9.17, 15) is 14.9 Å². The number of carboxylic acid groups (broad SMARTS) is 1. The lowest BCUT2D eigenvalue weighted by Crippen LogP contribution is -2.06. The molecule has 7 nitrogen and oxygen atoms in total. The zero-order chi connectivity index (χ0) is 15.0. The molecule has 0 aliphatic carbocycles. The second-order valence-corrected chi connectivity index (χ2v) is 4.47. The van der Waals surface area contributed by atoms with Crippen molar-refractivity contribution in [1.29, 1.82) is 0 Å². The summed E-state index contributed by atoms with van der Waals surface area (Å²) in [6.07, 6.45) is 0. The van der Waals surface area contributed by atoms with Gasteiger partial charge in [0, 0.05) is 11.8 Å². The Hall–Kier alpha value is -2.70. The number of nitrogens with zero attached hydrogens (tertiary/aromatic N) is 3. The second kappa shape index (κ2) is 4.76. The maximum Gasteiger partial charge on any atom is 0.335 e. The molecule has 7 heteroatoms. The summed E-state index contributed by atoms with van der Waals surface area (Å²) >= 11 is 0. The minimum absolute atomic E-state index is 0.0178. The van der Waals surface area contributed by atoms with Crippen LogP contribution in [-0.2, 0) is 0 Å². The lowest BCUT2D eigenvalue weighted by atomic mass is 10.1. The summed E-state index contributed by atoms with van der Waals surface area (Å²) in [5, 5.41) is 24.4. The van der Waals surface area contributed by atoms with Crippen LogP contribution in [0.25, 0.3) is 5.69 Å². The van der Waals surface area contributed by atoms with E-state index in [1.165, 1.54) is 22.9 Å². The summed E-state index contributed by atoms with van der Waals surface area (Å²) in [4.78, 5) is 21.6. The minimum Gasteiger partial charge on any atom is -0.478 e. The van der Waals surface area contributed by atoms with E-state index in [1.807, 2.05) is 6.92 Å². The molecule has 104 valence electrons. The maximum atomic E-state index is 11.1. The van der Waals surface area contributed by atoms with Crippen molar-refractivity contribution in [3.05, 3.63) is 50.8 Å². The van der Waals surface area contributed by atoms with Gasteiger partial charge < -0.3 is 5.11 Å². The number of hydrogen-bond donors (Lipinski definition) is 1. The second-order valence-electron chi connectivity index (χ2n) is 4.47. The summed E-state index contributed by atoms with van der Waals surface area (Å²) in [5.41, 5.74) is 2.37. The molecule has 1 aromatic heterocycles. The van der Waals surface area contributed by atoms with Crippen molar-refractivity contribution in [3.8, 4) is 5.69 Å². The maximum absolute atomic E-state index is 11.1. The summed E-state index contributed by atoms with van der Waals surface area (Å²) in [6, 6.07) is 3.66. The predicted octanol–water partition coefficient (Wildman–Crippen LogP) is 2.40. The minimum atomic E-state index is -1.14. The number of nitro benzene ring substituents is 1. The van der Waals surface area contributed by atoms with Crippen molar-refractivity contribution in [2.24, 2.45) is 0 Å². The largest absolute Gasteiger partial charge is 0.478 e. The first kappa shape index (κ1) is 13.7. The van der Waals surface area contributed by atoms with Gasteiger partial charge in [-0.25, -0.2) is 9.48 Å². The zero-order valence-corrected chi connectivity index (χ0v) is 11.2. The number of aromatic carboxylic acids is 1. The molecule has 2 rings (SSSR count). The van der Waals surface area contributed by atoms with Crippen LogP contribution in [0.15, 0.2) is 18.2 Å². The molecule has 0 amide bonds. The third kappa shape index (κ3) is 2.13. The summed E-state index contributed by atoms with van der Waals surface area (Å²) < 4.78 is 1.41. The van der Waals surface area contributed by atoms with Crippen molar-refractivity contribution in [3.63, 3.8) is 0 Å². The number of nitro groups is 1. The number of hydrogen-bond acceptors (Lipinski definition) is 4. The van der Waals surface area contributed by atoms with E-state index in [2.05, 4.69) is 5.10 Å². The van der Waals surface area contributed by atoms with Crippen LogP contribution >= 0.6 is 0 Å². The van der Waals surface area contributed by atoms with E-state index in [4.69, 9.17) is 5.11 Å². The highest BCUT2D eigenvalue weighted by Gasteiger charge is 2.21. The molecule has 0 spiro atoms. The number of benzene rings is 1. The van der Waals surface area contributed by atoms with Gasteiger partial charge in [-0.1, -0.05) is 0 Å². The normalized spacial score (nSPS) is 10.6. The Bertz CT molecular complexity index is 719. The molecule has 0 fully saturated rings. The van der Waals surface area contributed by atoms with E-state index >= 15 is 0 Å². The number of rotatable bonds is 3. The molecule has 0 atom stereocenters. The molecule has 0 saturated heterocycles. The molecule has 1 N–H and O–H groups in total. The van der Waals surface area contributed by atoms with Gasteiger partial charge in [-0.3, -0.25) is 10.1 Å². The van der Waals surface area contributed by atoms with Crippen molar-refractivity contribution < 1.29 is 14.8 Å². The van der Waals surface area contributed by atoms with E-state index in [-0.39, 0.29) is 16.9 Å². The van der Waals surface area contributed by atoms with Crippen LogP contribution in [0.1, 0.15) is 27.3 Å². The van der Waals surface area contributed by atoms with Crippen molar-refractivity contribution >= 4 is 11.7 Å². The van der Waals surface area contributed by atoms with Gasteiger partial charge in [0.15, 0.2) is 0 Å². The monoisotopic (exact) mass is 275 g/mol. The van der Waals surface area contributed by atoms with Crippen LogP contribution in [0.3, 0.4) is 0 Å². The standard InChI is InChI=1S/C13H13N3O4/c1-7-8(2)14-15(9(7)3)12-6-10(13(17)18)4-5-11(12)16(19)20/h4-6H,1-3H3,(H,17,18). The fraction of sp³-hybridized carbons (Fsp3) is 0.231. The smallest absolute Gasteiger partial charge is 0.335 e. The molecule has 0 unspecified atom stereocenters. The fourth-order valence-electron chi connectivity index (χ4n) is 1.94. The van der Waals surface area contributed by atoms with E-state index in [1.54, 1.807) is 13.8 Å². The fourth-order valence-corrected chi connectivity index (χ4v) is 1.94. The Morgan fingerprint density at radius 3 is 2.45 bits per heavy atom. The molecule has 0 aliphatic rings. The molecule has 1 heterocycles. The average Bonchev–Trinajstić information content (AvgIpc) is 2.65. The first-order chi connectivity index (χ1) is 9.32. The van der Waals surface area contributed by atoms with Crippen molar-refractivity contribution in [1.82, 2.24) is 9.78 Å². The number of carbonyl (C=O) groups is 1. The van der Waals surface area contributed by atoms with Gasteiger partial charge in [-0.15, -0.1) is 0 Å². The molecule has 0 radical (unpaired) electrons. The molecule has 20 heavy (non-hydrogen) atoms. The van der Waals surface area contributed by atoms with Crippen LogP contribution in [0.2, 0.25) is 0 Å². The summed E-state index contributed by atoms with van der Waals surface area (Å²) in [7, 11) is 0. The Kier molecular flexibility index (Phi) is 3.27. The predicted molar refractivity (Wildman–Crippen MR) is 71.4 cm³/mol. The summed E-state index contributed by atoms with van der Waals surface area (Å²) in [5.74, 6) is -1.14. The summed E-state index contributed by atoms with van der Waals surface area (Å²) in [6.45, 7) is 5.44. The quantitative estimate of drug-likeness (QED) is 0.685. The third-order valence-corrected chi connectivity index (χ3v) is 3.30. The zero-order valence-electron chi connectivity index (χ0n) is 11.2. The number of aromatic nitrogens is 2. The lowest BCUT2D eigenvalue weighted by Gasteiger charge is -2.07. The Morgan fingerprint density at radius 2 is 2.00 bits per heavy atom. The molecular weight excluding hydrogens is 262 g/mol. The van der Waals surface area contributed by atoms with Crippen molar-refractivity contribution in [2.75, 3.05) is 0 Å². The van der Waals surface area contributed by atoms with E-state index < -0.39 is 10.9 Å². The Balaban J connectivity index is 2.75. The van der Waals surface area contributed by atoms with Crippen LogP contribution in [-0.4, -0.2) is 25.8 Å². The molecule has 0 aliphatic heterocycles. The SMILES string of the molecule is Cc1nn(-c2cc(C(=O)O)ccc2[N+](=O)[O-])c(C)c1C. The van der Waals surface area contributed by atoms with Gasteiger partial charge in [0.2, 0.25) is 0 Å². The highest BCUT2D eigenvalue weighted by Crippen LogP contribution is 2.26. The molecule has 0 bridgehead atoms. The molecule has 1 aromatic carbocycles. The topological polar surface area (TPSA) is 98.3 Å². The molecular formula is C13H13N3O4. The van der Waals surface area contributed by atoms with Gasteiger partial charge in [0.1, 0.15) is 5.69 Å². The first-order valence-electron chi connectivity index (χ1n) is 5.88. The van der Waals surface area contributed by atoms with Gasteiger partial charge in [-0.2, -0.15) is 5.10 Å². The van der Waals surface area contributed by atoms with Crippen LogP contribution in [0.5, 0.6) is 0 Å². The number of carboxylic acids is 1. The highest BCUT2D eigenvalue weighted by molar-refractivity contribution is 5.89. The average molecular weight is 275 g/mol. The van der Waals surface area contributed by atoms with Gasteiger partial charge in [-0.05, 0) is 38.5 Å². The van der Waals surface area contributed by atoms with E-state index in [0.717, 1.165) is 17.0 Å². The van der Waals surface area contributed by atoms with Gasteiger partial charge in [0.05, 0.1) is 16.2 Å². The highest BCUT2D eigenvalue weighted by atomic mass is 16.6. The third-order valence-electron chi connectivity index (χ3n) is 3.30. The van der Waals surface area contributed by atoms with Crippen LogP contribution in [0.4, 0.5) is 5.69 Å². The Labute approximate surface area is 114 Å². The number of aryl methyl sites for hydroxylation is 1. The van der Waals surface area contributed by atoms with Gasteiger partial charge in [0.25, 0.3) is 5.69 Å². The van der Waals surface area contributed by atoms with Crippen LogP contribution < -0.4 is 0 Å². The van der Waals surface area contributed by atoms with E-state index in [0.29, 0.717) is 0 Å². The van der Waals surface area contributed by atoms with Crippen LogP contribution in [0, 0.1) is 30.9 Å². The Morgan fingerprint density at radius 1 is 1.35 bits per heavy atom. The first-order valence-corrected chi connectivity index (χ1v) is 5.88. The van der Waals surface area contributed by atoms with Gasteiger partial charge >= 0.3 is 5.97 Å². The van der Waals surface area contributed by atoms with Crippen molar-refractivity contribution in [2.45, 2.75) is 20.8 Å². The molecule has 2 aromatic rings.